The SMILES string of the molecule is OCCOC1=C(Cl)CC(Cl)C(Cl)=N1. The number of hydrogen-bond donors (Lipinski definition) is 1. The van der Waals surface area contributed by atoms with Gasteiger partial charge in [-0.2, -0.15) is 0 Å². The van der Waals surface area contributed by atoms with E-state index in [9.17, 15) is 0 Å². The minimum absolute atomic E-state index is 0.0922. The molecule has 0 aromatic rings. The number of alkyl halides is 1. The van der Waals surface area contributed by atoms with Gasteiger partial charge < -0.3 is 9.84 Å². The van der Waals surface area contributed by atoms with Crippen LogP contribution >= 0.6 is 34.8 Å². The first-order chi connectivity index (χ1) is 6.15. The van der Waals surface area contributed by atoms with Crippen molar-refractivity contribution in [3.05, 3.63) is 10.9 Å². The van der Waals surface area contributed by atoms with Gasteiger partial charge in [-0.05, 0) is 0 Å². The molecule has 0 spiro atoms. The molecular formula is C7H8Cl3NO2. The molecule has 0 saturated heterocycles. The summed E-state index contributed by atoms with van der Waals surface area (Å²) in [6, 6.07) is 0. The van der Waals surface area contributed by atoms with Gasteiger partial charge in [0.25, 0.3) is 0 Å². The lowest BCUT2D eigenvalue weighted by molar-refractivity contribution is 0.142. The molecule has 13 heavy (non-hydrogen) atoms. The van der Waals surface area contributed by atoms with Crippen molar-refractivity contribution in [3.8, 4) is 0 Å². The van der Waals surface area contributed by atoms with Crippen LogP contribution in [0, 0.1) is 0 Å². The lowest BCUT2D eigenvalue weighted by Gasteiger charge is -2.16. The zero-order chi connectivity index (χ0) is 9.84. The summed E-state index contributed by atoms with van der Waals surface area (Å²) in [6.45, 7) is 0.0529. The molecule has 3 nitrogen and oxygen atoms in total. The summed E-state index contributed by atoms with van der Waals surface area (Å²) in [4.78, 5) is 3.85. The Morgan fingerprint density at radius 1 is 1.54 bits per heavy atom. The molecule has 0 bridgehead atoms. The van der Waals surface area contributed by atoms with Gasteiger partial charge in [0.2, 0.25) is 5.88 Å². The second-order valence-electron chi connectivity index (χ2n) is 2.39. The molecule has 0 saturated carbocycles. The van der Waals surface area contributed by atoms with Gasteiger partial charge in [0.1, 0.15) is 11.8 Å². The first kappa shape index (κ1) is 11.1. The third-order valence-corrected chi connectivity index (χ3v) is 2.52. The van der Waals surface area contributed by atoms with E-state index < -0.39 is 0 Å². The molecule has 1 N–H and O–H groups in total. The Balaban J connectivity index is 2.67. The normalized spacial score (nSPS) is 23.1. The Labute approximate surface area is 90.9 Å². The predicted molar refractivity (Wildman–Crippen MR) is 53.5 cm³/mol. The summed E-state index contributed by atoms with van der Waals surface area (Å²) < 4.78 is 5.03. The average Bonchev–Trinajstić information content (AvgIpc) is 2.09. The number of aliphatic hydroxyl groups excluding tert-OH is 1. The van der Waals surface area contributed by atoms with Crippen LogP contribution < -0.4 is 0 Å². The van der Waals surface area contributed by atoms with Gasteiger partial charge in [-0.15, -0.1) is 11.6 Å². The minimum Gasteiger partial charge on any atom is -0.474 e. The van der Waals surface area contributed by atoms with E-state index in [1.54, 1.807) is 0 Å². The van der Waals surface area contributed by atoms with Crippen molar-refractivity contribution in [2.75, 3.05) is 13.2 Å². The molecule has 0 fully saturated rings. The van der Waals surface area contributed by atoms with Crippen molar-refractivity contribution in [3.63, 3.8) is 0 Å². The van der Waals surface area contributed by atoms with E-state index in [4.69, 9.17) is 44.6 Å². The number of rotatable bonds is 3. The van der Waals surface area contributed by atoms with Crippen LogP contribution in [-0.2, 0) is 4.74 Å². The van der Waals surface area contributed by atoms with Crippen LogP contribution in [0.15, 0.2) is 15.9 Å². The van der Waals surface area contributed by atoms with E-state index in [2.05, 4.69) is 4.99 Å². The molecule has 1 aliphatic heterocycles. The first-order valence-corrected chi connectivity index (χ1v) is 4.85. The lowest BCUT2D eigenvalue weighted by atomic mass is 10.2. The third-order valence-electron chi connectivity index (χ3n) is 1.39. The Morgan fingerprint density at radius 2 is 2.23 bits per heavy atom. The van der Waals surface area contributed by atoms with E-state index >= 15 is 0 Å². The highest BCUT2D eigenvalue weighted by Gasteiger charge is 2.21. The standard InChI is InChI=1S/C7H8Cl3NO2/c8-4-3-5(9)7(11-6(4)10)13-2-1-12/h4,12H,1-3H2. The fourth-order valence-corrected chi connectivity index (χ4v) is 1.50. The zero-order valence-electron chi connectivity index (χ0n) is 6.64. The molecule has 1 heterocycles. The van der Waals surface area contributed by atoms with Gasteiger partial charge in [0.15, 0.2) is 0 Å². The molecule has 0 aromatic heterocycles. The van der Waals surface area contributed by atoms with Crippen LogP contribution in [0.1, 0.15) is 6.42 Å². The summed E-state index contributed by atoms with van der Waals surface area (Å²) >= 11 is 17.3. The number of allylic oxidation sites excluding steroid dienone is 1. The number of aliphatic imine (C=N–C) groups is 1. The highest BCUT2D eigenvalue weighted by molar-refractivity contribution is 6.71. The van der Waals surface area contributed by atoms with Gasteiger partial charge >= 0.3 is 0 Å². The minimum atomic E-state index is -0.379. The monoisotopic (exact) mass is 243 g/mol. The fraction of sp³-hybridized carbons (Fsp3) is 0.571. The van der Waals surface area contributed by atoms with Gasteiger partial charge in [-0.25, -0.2) is 4.99 Å². The second kappa shape index (κ2) is 5.05. The summed E-state index contributed by atoms with van der Waals surface area (Å²) in [6.07, 6.45) is 0.409. The van der Waals surface area contributed by atoms with E-state index in [-0.39, 0.29) is 29.6 Å². The second-order valence-corrected chi connectivity index (χ2v) is 3.76. The Morgan fingerprint density at radius 3 is 2.85 bits per heavy atom. The third kappa shape index (κ3) is 3.02. The van der Waals surface area contributed by atoms with Gasteiger partial charge in [0, 0.05) is 6.42 Å². The Bertz CT molecular complexity index is 252. The molecule has 1 atom stereocenters. The van der Waals surface area contributed by atoms with Crippen molar-refractivity contribution in [2.24, 2.45) is 4.99 Å². The molecule has 1 rings (SSSR count). The molecule has 74 valence electrons. The van der Waals surface area contributed by atoms with Crippen molar-refractivity contribution in [2.45, 2.75) is 11.8 Å². The molecule has 0 aliphatic carbocycles. The summed E-state index contributed by atoms with van der Waals surface area (Å²) in [7, 11) is 0. The van der Waals surface area contributed by atoms with Crippen molar-refractivity contribution < 1.29 is 9.84 Å². The molecule has 0 aromatic carbocycles. The number of hydrogen-bond acceptors (Lipinski definition) is 3. The number of halogens is 3. The molecular weight excluding hydrogens is 236 g/mol. The number of aliphatic hydroxyl groups is 1. The molecule has 6 heteroatoms. The van der Waals surface area contributed by atoms with Crippen LogP contribution in [0.2, 0.25) is 0 Å². The van der Waals surface area contributed by atoms with Crippen molar-refractivity contribution in [1.29, 1.82) is 0 Å². The topological polar surface area (TPSA) is 41.8 Å². The number of ether oxygens (including phenoxy) is 1. The number of nitrogens with zero attached hydrogens (tertiary/aromatic N) is 1. The van der Waals surface area contributed by atoms with E-state index in [0.29, 0.717) is 11.5 Å². The first-order valence-electron chi connectivity index (χ1n) is 3.65. The van der Waals surface area contributed by atoms with Gasteiger partial charge in [0.05, 0.1) is 17.0 Å². The summed E-state index contributed by atoms with van der Waals surface area (Å²) in [5, 5.41) is 8.82. The highest BCUT2D eigenvalue weighted by atomic mass is 35.5. The van der Waals surface area contributed by atoms with Crippen LogP contribution in [0.4, 0.5) is 0 Å². The maximum absolute atomic E-state index is 8.50. The maximum atomic E-state index is 8.50. The van der Waals surface area contributed by atoms with Gasteiger partial charge in [-0.1, -0.05) is 23.2 Å². The van der Waals surface area contributed by atoms with Crippen LogP contribution in [0.25, 0.3) is 0 Å². The van der Waals surface area contributed by atoms with Crippen LogP contribution in [-0.4, -0.2) is 28.9 Å². The largest absolute Gasteiger partial charge is 0.474 e. The maximum Gasteiger partial charge on any atom is 0.229 e. The highest BCUT2D eigenvalue weighted by Crippen LogP contribution is 2.27. The predicted octanol–water partition coefficient (Wildman–Crippen LogP) is 2.05. The Kier molecular flexibility index (Phi) is 4.32. The van der Waals surface area contributed by atoms with Crippen molar-refractivity contribution in [1.82, 2.24) is 0 Å². The van der Waals surface area contributed by atoms with E-state index in [0.717, 1.165) is 0 Å². The van der Waals surface area contributed by atoms with Crippen molar-refractivity contribution >= 4 is 40.0 Å². The molecule has 1 unspecified atom stereocenters. The summed E-state index contributed by atoms with van der Waals surface area (Å²) in [5.41, 5.74) is 0. The van der Waals surface area contributed by atoms with E-state index in [1.807, 2.05) is 0 Å². The zero-order valence-corrected chi connectivity index (χ0v) is 8.90. The van der Waals surface area contributed by atoms with Gasteiger partial charge in [-0.3, -0.25) is 0 Å². The van der Waals surface area contributed by atoms with Crippen LogP contribution in [0.5, 0.6) is 0 Å². The van der Waals surface area contributed by atoms with E-state index in [1.165, 1.54) is 0 Å². The fourth-order valence-electron chi connectivity index (χ4n) is 0.809. The average molecular weight is 245 g/mol. The van der Waals surface area contributed by atoms with Crippen LogP contribution in [0.3, 0.4) is 0 Å². The summed E-state index contributed by atoms with van der Waals surface area (Å²) in [5.74, 6) is 0.248. The molecule has 1 aliphatic rings. The molecule has 0 amide bonds. The quantitative estimate of drug-likeness (QED) is 0.772. The Hall–Kier alpha value is 0.0400. The molecule has 0 radical (unpaired) electrons. The smallest absolute Gasteiger partial charge is 0.229 e. The lowest BCUT2D eigenvalue weighted by Crippen LogP contribution is -2.15.